The molecular weight excluding hydrogens is 261 g/mol. The van der Waals surface area contributed by atoms with Gasteiger partial charge in [-0.15, -0.1) is 0 Å². The lowest BCUT2D eigenvalue weighted by Gasteiger charge is -2.08. The predicted molar refractivity (Wildman–Crippen MR) is 73.7 cm³/mol. The summed E-state index contributed by atoms with van der Waals surface area (Å²) in [5, 5.41) is 11.9. The quantitative estimate of drug-likeness (QED) is 0.880. The van der Waals surface area contributed by atoms with Gasteiger partial charge in [0.2, 0.25) is 0 Å². The lowest BCUT2D eigenvalue weighted by molar-refractivity contribution is 0.0697. The summed E-state index contributed by atoms with van der Waals surface area (Å²) in [6.45, 7) is 0.438. The summed E-state index contributed by atoms with van der Waals surface area (Å²) in [5.74, 6) is -1.17. The highest BCUT2D eigenvalue weighted by molar-refractivity contribution is 5.87. The summed E-state index contributed by atoms with van der Waals surface area (Å²) >= 11 is 0. The Kier molecular flexibility index (Phi) is 4.20. The molecule has 0 atom stereocenters. The van der Waals surface area contributed by atoms with Crippen LogP contribution < -0.4 is 10.1 Å². The average molecular weight is 275 g/mol. The van der Waals surface area contributed by atoms with Gasteiger partial charge in [0.25, 0.3) is 0 Å². The molecule has 2 aromatic carbocycles. The first-order valence-electron chi connectivity index (χ1n) is 6.00. The first-order valence-corrected chi connectivity index (χ1v) is 6.00. The lowest BCUT2D eigenvalue weighted by atomic mass is 10.2. The molecule has 0 radical (unpaired) electrons. The first-order chi connectivity index (χ1) is 9.60. The van der Waals surface area contributed by atoms with E-state index in [0.29, 0.717) is 6.54 Å². The van der Waals surface area contributed by atoms with E-state index in [1.54, 1.807) is 24.3 Å². The summed E-state index contributed by atoms with van der Waals surface area (Å²) in [7, 11) is 1.42. The minimum absolute atomic E-state index is 0.208. The van der Waals surface area contributed by atoms with Gasteiger partial charge in [-0.1, -0.05) is 6.07 Å². The number of carboxylic acid groups (broad SMARTS) is 1. The van der Waals surface area contributed by atoms with E-state index in [4.69, 9.17) is 9.84 Å². The fourth-order valence-electron chi connectivity index (χ4n) is 1.75. The number of rotatable bonds is 5. The predicted octanol–water partition coefficient (Wildman–Crippen LogP) is 3.14. The third-order valence-electron chi connectivity index (χ3n) is 2.84. The third-order valence-corrected chi connectivity index (χ3v) is 2.84. The molecule has 2 aromatic rings. The van der Waals surface area contributed by atoms with Crippen LogP contribution in [0, 0.1) is 5.82 Å². The average Bonchev–Trinajstić information content (AvgIpc) is 2.45. The van der Waals surface area contributed by atoms with Crippen molar-refractivity contribution in [3.63, 3.8) is 0 Å². The first kappa shape index (κ1) is 13.9. The number of hydrogen-bond donors (Lipinski definition) is 2. The van der Waals surface area contributed by atoms with Crippen molar-refractivity contribution in [3.05, 3.63) is 59.4 Å². The largest absolute Gasteiger partial charge is 0.494 e. The van der Waals surface area contributed by atoms with Crippen molar-refractivity contribution in [1.29, 1.82) is 0 Å². The zero-order valence-corrected chi connectivity index (χ0v) is 10.9. The van der Waals surface area contributed by atoms with Crippen LogP contribution in [0.25, 0.3) is 0 Å². The normalized spacial score (nSPS) is 10.1. The smallest absolute Gasteiger partial charge is 0.335 e. The molecule has 0 aliphatic carbocycles. The molecule has 0 saturated heterocycles. The van der Waals surface area contributed by atoms with E-state index in [0.717, 1.165) is 11.3 Å². The summed E-state index contributed by atoms with van der Waals surface area (Å²) in [6, 6.07) is 11.1. The number of nitrogens with one attached hydrogen (secondary N) is 1. The van der Waals surface area contributed by atoms with Gasteiger partial charge in [0, 0.05) is 12.2 Å². The molecule has 4 nitrogen and oxygen atoms in total. The Balaban J connectivity index is 2.01. The molecule has 20 heavy (non-hydrogen) atoms. The molecule has 0 amide bonds. The standard InChI is InChI=1S/C15H14FNO3/c1-20-14-7-2-10(8-13(14)16)9-17-12-5-3-11(4-6-12)15(18)19/h2-8,17H,9H2,1H3,(H,18,19). The van der Waals surface area contributed by atoms with E-state index in [9.17, 15) is 9.18 Å². The number of methoxy groups -OCH3 is 1. The molecule has 0 aromatic heterocycles. The van der Waals surface area contributed by atoms with Gasteiger partial charge in [0.15, 0.2) is 11.6 Å². The summed E-state index contributed by atoms with van der Waals surface area (Å²) in [6.07, 6.45) is 0. The molecule has 0 bridgehead atoms. The SMILES string of the molecule is COc1ccc(CNc2ccc(C(=O)O)cc2)cc1F. The van der Waals surface area contributed by atoms with Crippen LogP contribution in [0.5, 0.6) is 5.75 Å². The number of carboxylic acids is 1. The second kappa shape index (κ2) is 6.06. The van der Waals surface area contributed by atoms with Crippen molar-refractivity contribution in [2.75, 3.05) is 12.4 Å². The second-order valence-electron chi connectivity index (χ2n) is 4.20. The lowest BCUT2D eigenvalue weighted by Crippen LogP contribution is -2.01. The number of ether oxygens (including phenoxy) is 1. The Hall–Kier alpha value is -2.56. The van der Waals surface area contributed by atoms with E-state index in [1.165, 1.54) is 25.3 Å². The van der Waals surface area contributed by atoms with Crippen LogP contribution in [0.15, 0.2) is 42.5 Å². The zero-order valence-electron chi connectivity index (χ0n) is 10.9. The molecule has 0 heterocycles. The number of benzene rings is 2. The molecule has 0 aliphatic heterocycles. The number of halogens is 1. The maximum Gasteiger partial charge on any atom is 0.335 e. The van der Waals surface area contributed by atoms with Crippen molar-refractivity contribution in [1.82, 2.24) is 0 Å². The van der Waals surface area contributed by atoms with Gasteiger partial charge in [-0.25, -0.2) is 9.18 Å². The van der Waals surface area contributed by atoms with Gasteiger partial charge in [-0.2, -0.15) is 0 Å². The zero-order chi connectivity index (χ0) is 14.5. The van der Waals surface area contributed by atoms with Gasteiger partial charge in [-0.3, -0.25) is 0 Å². The molecule has 0 aliphatic rings. The van der Waals surface area contributed by atoms with Crippen molar-refractivity contribution in [3.8, 4) is 5.75 Å². The minimum atomic E-state index is -0.964. The Labute approximate surface area is 115 Å². The van der Waals surface area contributed by atoms with Gasteiger partial charge in [-0.05, 0) is 42.0 Å². The van der Waals surface area contributed by atoms with Crippen LogP contribution in [0.2, 0.25) is 0 Å². The molecule has 0 unspecified atom stereocenters. The minimum Gasteiger partial charge on any atom is -0.494 e. The molecule has 2 rings (SSSR count). The fraction of sp³-hybridized carbons (Fsp3) is 0.133. The highest BCUT2D eigenvalue weighted by Crippen LogP contribution is 2.18. The monoisotopic (exact) mass is 275 g/mol. The van der Waals surface area contributed by atoms with Gasteiger partial charge in [0.1, 0.15) is 0 Å². The number of carbonyl (C=O) groups is 1. The van der Waals surface area contributed by atoms with Crippen molar-refractivity contribution in [2.45, 2.75) is 6.54 Å². The molecule has 104 valence electrons. The van der Waals surface area contributed by atoms with Gasteiger partial charge >= 0.3 is 5.97 Å². The van der Waals surface area contributed by atoms with Crippen molar-refractivity contribution < 1.29 is 19.0 Å². The van der Waals surface area contributed by atoms with E-state index in [1.807, 2.05) is 0 Å². The topological polar surface area (TPSA) is 58.6 Å². The van der Waals surface area contributed by atoms with Crippen LogP contribution in [0.4, 0.5) is 10.1 Å². The maximum absolute atomic E-state index is 13.5. The van der Waals surface area contributed by atoms with E-state index in [-0.39, 0.29) is 11.3 Å². The molecule has 0 fully saturated rings. The highest BCUT2D eigenvalue weighted by atomic mass is 19.1. The molecule has 0 saturated carbocycles. The van der Waals surface area contributed by atoms with Crippen molar-refractivity contribution >= 4 is 11.7 Å². The number of hydrogen-bond acceptors (Lipinski definition) is 3. The van der Waals surface area contributed by atoms with E-state index in [2.05, 4.69) is 5.32 Å². The van der Waals surface area contributed by atoms with E-state index >= 15 is 0 Å². The molecule has 2 N–H and O–H groups in total. The molecule has 0 spiro atoms. The summed E-state index contributed by atoms with van der Waals surface area (Å²) in [4.78, 5) is 10.7. The number of aromatic carboxylic acids is 1. The van der Waals surface area contributed by atoms with Crippen LogP contribution >= 0.6 is 0 Å². The Bertz CT molecular complexity index is 611. The van der Waals surface area contributed by atoms with Crippen molar-refractivity contribution in [2.24, 2.45) is 0 Å². The highest BCUT2D eigenvalue weighted by Gasteiger charge is 2.04. The van der Waals surface area contributed by atoms with Gasteiger partial charge in [0.05, 0.1) is 12.7 Å². The van der Waals surface area contributed by atoms with Crippen LogP contribution in [-0.2, 0) is 6.54 Å². The maximum atomic E-state index is 13.5. The fourth-order valence-corrected chi connectivity index (χ4v) is 1.75. The van der Waals surface area contributed by atoms with Crippen LogP contribution in [0.3, 0.4) is 0 Å². The third kappa shape index (κ3) is 3.26. The van der Waals surface area contributed by atoms with E-state index < -0.39 is 11.8 Å². The number of anilines is 1. The molecule has 5 heteroatoms. The summed E-state index contributed by atoms with van der Waals surface area (Å²) < 4.78 is 18.3. The second-order valence-corrected chi connectivity index (χ2v) is 4.20. The Morgan fingerprint density at radius 1 is 1.25 bits per heavy atom. The Morgan fingerprint density at radius 2 is 1.95 bits per heavy atom. The van der Waals surface area contributed by atoms with Crippen LogP contribution in [-0.4, -0.2) is 18.2 Å². The van der Waals surface area contributed by atoms with Crippen LogP contribution in [0.1, 0.15) is 15.9 Å². The Morgan fingerprint density at radius 3 is 2.50 bits per heavy atom. The molecular formula is C15H14FNO3. The van der Waals surface area contributed by atoms with Gasteiger partial charge < -0.3 is 15.2 Å². The summed E-state index contributed by atoms with van der Waals surface area (Å²) in [5.41, 5.74) is 1.77.